The highest BCUT2D eigenvalue weighted by Crippen LogP contribution is 2.14. The molecule has 4 nitrogen and oxygen atoms in total. The molecule has 0 bridgehead atoms. The molecule has 0 aliphatic carbocycles. The molecule has 0 fully saturated rings. The van der Waals surface area contributed by atoms with Gasteiger partial charge in [0.1, 0.15) is 5.82 Å². The minimum atomic E-state index is -0.584. The highest BCUT2D eigenvalue weighted by Gasteiger charge is 2.13. The number of nitrogens with zero attached hydrogens (tertiary/aromatic N) is 1. The Morgan fingerprint density at radius 1 is 1.50 bits per heavy atom. The lowest BCUT2D eigenvalue weighted by atomic mass is 10.1. The van der Waals surface area contributed by atoms with E-state index in [1.807, 2.05) is 0 Å². The van der Waals surface area contributed by atoms with Crippen LogP contribution < -0.4 is 11.3 Å². The van der Waals surface area contributed by atoms with Gasteiger partial charge in [0.25, 0.3) is 5.91 Å². The quantitative estimate of drug-likeness (QED) is 0.545. The van der Waals surface area contributed by atoms with E-state index in [4.69, 9.17) is 5.84 Å². The molecule has 0 saturated carbocycles. The maximum Gasteiger partial charge on any atom is 0.256 e. The number of amides is 1. The first-order valence-electron chi connectivity index (χ1n) is 4.04. The van der Waals surface area contributed by atoms with E-state index in [2.05, 4.69) is 5.43 Å². The van der Waals surface area contributed by atoms with Crippen molar-refractivity contribution in [3.63, 3.8) is 0 Å². The lowest BCUT2D eigenvalue weighted by molar-refractivity contribution is 0.0823. The zero-order valence-electron chi connectivity index (χ0n) is 8.04. The predicted molar refractivity (Wildman–Crippen MR) is 52.2 cm³/mol. The van der Waals surface area contributed by atoms with Crippen LogP contribution in [0.1, 0.15) is 10.4 Å². The van der Waals surface area contributed by atoms with Crippen LogP contribution in [0.5, 0.6) is 0 Å². The van der Waals surface area contributed by atoms with E-state index in [9.17, 15) is 9.18 Å². The van der Waals surface area contributed by atoms with Crippen LogP contribution in [-0.2, 0) is 0 Å². The van der Waals surface area contributed by atoms with E-state index in [0.717, 1.165) is 0 Å². The van der Waals surface area contributed by atoms with Gasteiger partial charge < -0.3 is 10.3 Å². The van der Waals surface area contributed by atoms with Crippen molar-refractivity contribution in [2.24, 2.45) is 5.84 Å². The number of nitrogen functional groups attached to an aromatic ring is 1. The Morgan fingerprint density at radius 3 is 2.57 bits per heavy atom. The zero-order chi connectivity index (χ0) is 10.7. The van der Waals surface area contributed by atoms with Gasteiger partial charge in [0, 0.05) is 14.1 Å². The Morgan fingerprint density at radius 2 is 2.14 bits per heavy atom. The second-order valence-electron chi connectivity index (χ2n) is 3.04. The van der Waals surface area contributed by atoms with Gasteiger partial charge in [-0.3, -0.25) is 10.6 Å². The molecule has 0 aliphatic rings. The van der Waals surface area contributed by atoms with Gasteiger partial charge in [-0.05, 0) is 18.2 Å². The molecule has 0 radical (unpaired) electrons. The highest BCUT2D eigenvalue weighted by molar-refractivity contribution is 5.94. The number of rotatable bonds is 2. The van der Waals surface area contributed by atoms with Crippen molar-refractivity contribution in [1.29, 1.82) is 0 Å². The molecular formula is C9H12FN3O. The molecule has 3 N–H and O–H groups in total. The second kappa shape index (κ2) is 4.06. The summed E-state index contributed by atoms with van der Waals surface area (Å²) in [5.74, 6) is 4.14. The van der Waals surface area contributed by atoms with Crippen LogP contribution in [0.4, 0.5) is 10.1 Å². The molecule has 0 spiro atoms. The molecule has 1 aromatic carbocycles. The normalized spacial score (nSPS) is 9.71. The molecule has 0 heterocycles. The molecule has 0 saturated heterocycles. The van der Waals surface area contributed by atoms with Gasteiger partial charge in [0.05, 0.1) is 11.3 Å². The third-order valence-corrected chi connectivity index (χ3v) is 1.77. The first kappa shape index (κ1) is 10.5. The molecule has 0 unspecified atom stereocenters. The number of hydrogen-bond acceptors (Lipinski definition) is 3. The van der Waals surface area contributed by atoms with Crippen LogP contribution in [-0.4, -0.2) is 24.9 Å². The standard InChI is InChI=1S/C9H12FN3O/c1-13(2)9(14)7-4-3-6(12-11)5-8(7)10/h3-5,12H,11H2,1-2H3. The smallest absolute Gasteiger partial charge is 0.256 e. The van der Waals surface area contributed by atoms with E-state index in [0.29, 0.717) is 5.69 Å². The summed E-state index contributed by atoms with van der Waals surface area (Å²) < 4.78 is 13.3. The Labute approximate surface area is 81.5 Å². The summed E-state index contributed by atoms with van der Waals surface area (Å²) >= 11 is 0. The number of nitrogens with two attached hydrogens (primary N) is 1. The van der Waals surface area contributed by atoms with E-state index in [1.54, 1.807) is 20.2 Å². The molecule has 14 heavy (non-hydrogen) atoms. The lowest BCUT2D eigenvalue weighted by Gasteiger charge is -2.11. The minimum absolute atomic E-state index is 0.0361. The van der Waals surface area contributed by atoms with Gasteiger partial charge in [-0.25, -0.2) is 4.39 Å². The molecular weight excluding hydrogens is 185 g/mol. The molecule has 76 valence electrons. The number of benzene rings is 1. The van der Waals surface area contributed by atoms with E-state index < -0.39 is 5.82 Å². The Bertz CT molecular complexity index is 352. The summed E-state index contributed by atoms with van der Waals surface area (Å²) in [6, 6.07) is 4.11. The molecule has 1 amide bonds. The van der Waals surface area contributed by atoms with Crippen LogP contribution in [0, 0.1) is 5.82 Å². The number of hydrogen-bond donors (Lipinski definition) is 2. The maximum atomic E-state index is 13.3. The summed E-state index contributed by atoms with van der Waals surface area (Å²) in [4.78, 5) is 12.7. The molecule has 0 aliphatic heterocycles. The molecule has 0 atom stereocenters. The lowest BCUT2D eigenvalue weighted by Crippen LogP contribution is -2.22. The zero-order valence-corrected chi connectivity index (χ0v) is 8.04. The molecule has 5 heteroatoms. The minimum Gasteiger partial charge on any atom is -0.345 e. The third-order valence-electron chi connectivity index (χ3n) is 1.77. The number of halogens is 1. The number of carbonyl (C=O) groups excluding carboxylic acids is 1. The van der Waals surface area contributed by atoms with Crippen molar-refractivity contribution < 1.29 is 9.18 Å². The van der Waals surface area contributed by atoms with Crippen LogP contribution in [0.2, 0.25) is 0 Å². The number of carbonyl (C=O) groups is 1. The summed E-state index contributed by atoms with van der Waals surface area (Å²) in [5, 5.41) is 0. The predicted octanol–water partition coefficient (Wildman–Crippen LogP) is 0.813. The van der Waals surface area contributed by atoms with Crippen molar-refractivity contribution >= 4 is 11.6 Å². The topological polar surface area (TPSA) is 58.4 Å². The fraction of sp³-hybridized carbons (Fsp3) is 0.222. The summed E-state index contributed by atoms with van der Waals surface area (Å²) in [6.07, 6.45) is 0. The maximum absolute atomic E-state index is 13.3. The van der Waals surface area contributed by atoms with E-state index >= 15 is 0 Å². The van der Waals surface area contributed by atoms with Gasteiger partial charge in [-0.1, -0.05) is 0 Å². The summed E-state index contributed by atoms with van der Waals surface area (Å²) in [6.45, 7) is 0. The third kappa shape index (κ3) is 2.00. The van der Waals surface area contributed by atoms with Crippen molar-refractivity contribution in [3.05, 3.63) is 29.6 Å². The van der Waals surface area contributed by atoms with Crippen molar-refractivity contribution in [3.8, 4) is 0 Å². The van der Waals surface area contributed by atoms with Crippen molar-refractivity contribution in [2.75, 3.05) is 19.5 Å². The molecule has 0 aromatic heterocycles. The summed E-state index contributed by atoms with van der Waals surface area (Å²) in [5.41, 5.74) is 2.76. The second-order valence-corrected chi connectivity index (χ2v) is 3.04. The fourth-order valence-corrected chi connectivity index (χ4v) is 1.02. The van der Waals surface area contributed by atoms with Gasteiger partial charge in [0.15, 0.2) is 0 Å². The average molecular weight is 197 g/mol. The SMILES string of the molecule is CN(C)C(=O)c1ccc(NN)cc1F. The van der Waals surface area contributed by atoms with E-state index in [-0.39, 0.29) is 11.5 Å². The summed E-state index contributed by atoms with van der Waals surface area (Å²) in [7, 11) is 3.13. The molecule has 1 aromatic rings. The van der Waals surface area contributed by atoms with Crippen molar-refractivity contribution in [1.82, 2.24) is 4.90 Å². The van der Waals surface area contributed by atoms with Crippen LogP contribution in [0.15, 0.2) is 18.2 Å². The van der Waals surface area contributed by atoms with Crippen LogP contribution >= 0.6 is 0 Å². The van der Waals surface area contributed by atoms with Crippen molar-refractivity contribution in [2.45, 2.75) is 0 Å². The molecule has 1 rings (SSSR count). The monoisotopic (exact) mass is 197 g/mol. The highest BCUT2D eigenvalue weighted by atomic mass is 19.1. The van der Waals surface area contributed by atoms with Crippen LogP contribution in [0.3, 0.4) is 0 Å². The Kier molecular flexibility index (Phi) is 3.03. The van der Waals surface area contributed by atoms with Gasteiger partial charge >= 0.3 is 0 Å². The number of hydrazine groups is 1. The van der Waals surface area contributed by atoms with Gasteiger partial charge in [-0.2, -0.15) is 0 Å². The number of anilines is 1. The average Bonchev–Trinajstić information content (AvgIpc) is 2.16. The van der Waals surface area contributed by atoms with Gasteiger partial charge in [0.2, 0.25) is 0 Å². The number of nitrogens with one attached hydrogen (secondary N) is 1. The largest absolute Gasteiger partial charge is 0.345 e. The van der Waals surface area contributed by atoms with Crippen LogP contribution in [0.25, 0.3) is 0 Å². The van der Waals surface area contributed by atoms with E-state index in [1.165, 1.54) is 17.0 Å². The first-order valence-corrected chi connectivity index (χ1v) is 4.04. The fourth-order valence-electron chi connectivity index (χ4n) is 1.02. The van der Waals surface area contributed by atoms with Gasteiger partial charge in [-0.15, -0.1) is 0 Å². The first-order chi connectivity index (χ1) is 6.56. The Hall–Kier alpha value is -1.62. The Balaban J connectivity index is 3.06.